The molecule has 0 aliphatic carbocycles. The fraction of sp³-hybridized carbons (Fsp3) is 0.294. The number of alkyl halides is 3. The standard InChI is InChI=1S/C17H16F3N/c1-11-9-15(14-7-2-3-8-16(14)21-11)12-5-4-6-13(10-12)17(18,19)20/h2-8,10-11,15,21H,9H2,1H3. The molecule has 1 nitrogen and oxygen atoms in total. The van der Waals surface area contributed by atoms with Crippen LogP contribution >= 0.6 is 0 Å². The van der Waals surface area contributed by atoms with Gasteiger partial charge in [-0.15, -0.1) is 0 Å². The summed E-state index contributed by atoms with van der Waals surface area (Å²) in [6, 6.07) is 13.7. The Balaban J connectivity index is 2.05. The van der Waals surface area contributed by atoms with Gasteiger partial charge < -0.3 is 5.32 Å². The van der Waals surface area contributed by atoms with Crippen molar-refractivity contribution in [3.8, 4) is 0 Å². The van der Waals surface area contributed by atoms with Gasteiger partial charge in [0.05, 0.1) is 5.56 Å². The first-order valence-electron chi connectivity index (χ1n) is 6.98. The second-order valence-electron chi connectivity index (χ2n) is 5.54. The molecule has 0 amide bonds. The lowest BCUT2D eigenvalue weighted by molar-refractivity contribution is -0.137. The van der Waals surface area contributed by atoms with E-state index in [1.807, 2.05) is 24.3 Å². The number of halogens is 3. The number of hydrogen-bond donors (Lipinski definition) is 1. The van der Waals surface area contributed by atoms with E-state index in [-0.39, 0.29) is 12.0 Å². The number of anilines is 1. The molecule has 0 saturated carbocycles. The molecule has 0 fully saturated rings. The number of rotatable bonds is 1. The third-order valence-corrected chi connectivity index (χ3v) is 3.94. The summed E-state index contributed by atoms with van der Waals surface area (Å²) in [6.45, 7) is 2.05. The van der Waals surface area contributed by atoms with Crippen molar-refractivity contribution < 1.29 is 13.2 Å². The molecule has 0 saturated heterocycles. The molecule has 1 N–H and O–H groups in total. The van der Waals surface area contributed by atoms with E-state index in [9.17, 15) is 13.2 Å². The van der Waals surface area contributed by atoms with Gasteiger partial charge in [0.2, 0.25) is 0 Å². The summed E-state index contributed by atoms with van der Waals surface area (Å²) in [5.74, 6) is -0.000231. The highest BCUT2D eigenvalue weighted by molar-refractivity contribution is 5.58. The average Bonchev–Trinajstić information content (AvgIpc) is 2.45. The topological polar surface area (TPSA) is 12.0 Å². The lowest BCUT2D eigenvalue weighted by Crippen LogP contribution is -2.26. The molecule has 1 heterocycles. The highest BCUT2D eigenvalue weighted by Crippen LogP contribution is 2.40. The van der Waals surface area contributed by atoms with E-state index in [0.717, 1.165) is 29.3 Å². The van der Waals surface area contributed by atoms with Gasteiger partial charge in [-0.05, 0) is 36.6 Å². The monoisotopic (exact) mass is 291 g/mol. The Hall–Kier alpha value is -1.97. The zero-order valence-electron chi connectivity index (χ0n) is 11.6. The van der Waals surface area contributed by atoms with Gasteiger partial charge in [0.1, 0.15) is 0 Å². The average molecular weight is 291 g/mol. The molecule has 2 atom stereocenters. The Kier molecular flexibility index (Phi) is 3.40. The zero-order chi connectivity index (χ0) is 15.0. The molecule has 0 radical (unpaired) electrons. The third kappa shape index (κ3) is 2.75. The van der Waals surface area contributed by atoms with Crippen LogP contribution in [0.3, 0.4) is 0 Å². The van der Waals surface area contributed by atoms with Crippen LogP contribution in [0.15, 0.2) is 48.5 Å². The lowest BCUT2D eigenvalue weighted by atomic mass is 9.82. The normalized spacial score (nSPS) is 21.5. The van der Waals surface area contributed by atoms with Gasteiger partial charge in [-0.1, -0.05) is 36.4 Å². The first kappa shape index (κ1) is 14.0. The van der Waals surface area contributed by atoms with E-state index in [1.165, 1.54) is 12.1 Å². The largest absolute Gasteiger partial charge is 0.416 e. The number of para-hydroxylation sites is 1. The molecule has 1 aliphatic rings. The first-order chi connectivity index (χ1) is 9.95. The van der Waals surface area contributed by atoms with Gasteiger partial charge in [-0.25, -0.2) is 0 Å². The van der Waals surface area contributed by atoms with Crippen LogP contribution in [-0.2, 0) is 6.18 Å². The van der Waals surface area contributed by atoms with Crippen LogP contribution in [0.25, 0.3) is 0 Å². The summed E-state index contributed by atoms with van der Waals surface area (Å²) in [7, 11) is 0. The van der Waals surface area contributed by atoms with Crippen molar-refractivity contribution in [2.75, 3.05) is 5.32 Å². The summed E-state index contributed by atoms with van der Waals surface area (Å²) < 4.78 is 38.7. The van der Waals surface area contributed by atoms with Crippen LogP contribution in [-0.4, -0.2) is 6.04 Å². The molecule has 1 aliphatic heterocycles. The highest BCUT2D eigenvalue weighted by atomic mass is 19.4. The van der Waals surface area contributed by atoms with Crippen molar-refractivity contribution in [2.24, 2.45) is 0 Å². The van der Waals surface area contributed by atoms with Crippen molar-refractivity contribution in [2.45, 2.75) is 31.5 Å². The van der Waals surface area contributed by atoms with Crippen LogP contribution in [0.5, 0.6) is 0 Å². The summed E-state index contributed by atoms with van der Waals surface area (Å²) in [5, 5.41) is 3.38. The van der Waals surface area contributed by atoms with Crippen LogP contribution in [0, 0.1) is 0 Å². The Morgan fingerprint density at radius 1 is 1.05 bits per heavy atom. The first-order valence-corrected chi connectivity index (χ1v) is 6.98. The maximum Gasteiger partial charge on any atom is 0.416 e. The fourth-order valence-corrected chi connectivity index (χ4v) is 2.98. The number of nitrogens with one attached hydrogen (secondary N) is 1. The SMILES string of the molecule is CC1CC(c2cccc(C(F)(F)F)c2)c2ccccc2N1. The molecular weight excluding hydrogens is 275 g/mol. The molecule has 0 spiro atoms. The Morgan fingerprint density at radius 3 is 2.57 bits per heavy atom. The van der Waals surface area contributed by atoms with Crippen molar-refractivity contribution in [3.05, 3.63) is 65.2 Å². The van der Waals surface area contributed by atoms with Gasteiger partial charge in [-0.3, -0.25) is 0 Å². The van der Waals surface area contributed by atoms with Crippen LogP contribution in [0.1, 0.15) is 36.0 Å². The minimum atomic E-state index is -4.30. The quantitative estimate of drug-likeness (QED) is 0.776. The molecule has 2 aromatic rings. The van der Waals surface area contributed by atoms with E-state index < -0.39 is 11.7 Å². The van der Waals surface area contributed by atoms with Crippen LogP contribution in [0.4, 0.5) is 18.9 Å². The Bertz CT molecular complexity index is 648. The van der Waals surface area contributed by atoms with Crippen molar-refractivity contribution in [3.63, 3.8) is 0 Å². The Labute approximate surface area is 121 Å². The summed E-state index contributed by atoms with van der Waals surface area (Å²) in [6.07, 6.45) is -3.51. The minimum absolute atomic E-state index is 0.000231. The maximum atomic E-state index is 12.9. The van der Waals surface area contributed by atoms with Crippen LogP contribution < -0.4 is 5.32 Å². The summed E-state index contributed by atoms with van der Waals surface area (Å²) in [5.41, 5.74) is 2.22. The van der Waals surface area contributed by atoms with Gasteiger partial charge in [-0.2, -0.15) is 13.2 Å². The maximum absolute atomic E-state index is 12.9. The minimum Gasteiger partial charge on any atom is -0.382 e. The fourth-order valence-electron chi connectivity index (χ4n) is 2.98. The van der Waals surface area contributed by atoms with Crippen molar-refractivity contribution in [1.82, 2.24) is 0 Å². The summed E-state index contributed by atoms with van der Waals surface area (Å²) in [4.78, 5) is 0. The lowest BCUT2D eigenvalue weighted by Gasteiger charge is -2.32. The van der Waals surface area contributed by atoms with E-state index in [2.05, 4.69) is 12.2 Å². The van der Waals surface area contributed by atoms with Crippen LogP contribution in [0.2, 0.25) is 0 Å². The van der Waals surface area contributed by atoms with E-state index >= 15 is 0 Å². The molecule has 0 aromatic heterocycles. The second-order valence-corrected chi connectivity index (χ2v) is 5.54. The van der Waals surface area contributed by atoms with E-state index in [4.69, 9.17) is 0 Å². The second kappa shape index (κ2) is 5.10. The number of fused-ring (bicyclic) bond motifs is 1. The molecule has 4 heteroatoms. The molecular formula is C17H16F3N. The van der Waals surface area contributed by atoms with Gasteiger partial charge in [0.15, 0.2) is 0 Å². The van der Waals surface area contributed by atoms with Gasteiger partial charge in [0, 0.05) is 17.6 Å². The van der Waals surface area contributed by atoms with Gasteiger partial charge >= 0.3 is 6.18 Å². The van der Waals surface area contributed by atoms with E-state index in [0.29, 0.717) is 0 Å². The number of benzene rings is 2. The molecule has 3 rings (SSSR count). The number of hydrogen-bond acceptors (Lipinski definition) is 1. The molecule has 21 heavy (non-hydrogen) atoms. The summed E-state index contributed by atoms with van der Waals surface area (Å²) >= 11 is 0. The van der Waals surface area contributed by atoms with Crippen molar-refractivity contribution in [1.29, 1.82) is 0 Å². The van der Waals surface area contributed by atoms with Crippen molar-refractivity contribution >= 4 is 5.69 Å². The zero-order valence-corrected chi connectivity index (χ0v) is 11.6. The molecule has 0 bridgehead atoms. The van der Waals surface area contributed by atoms with E-state index in [1.54, 1.807) is 6.07 Å². The molecule has 110 valence electrons. The predicted molar refractivity (Wildman–Crippen MR) is 77.4 cm³/mol. The molecule has 2 unspecified atom stereocenters. The highest BCUT2D eigenvalue weighted by Gasteiger charge is 2.32. The Morgan fingerprint density at radius 2 is 1.81 bits per heavy atom. The van der Waals surface area contributed by atoms with Gasteiger partial charge in [0.25, 0.3) is 0 Å². The predicted octanol–water partition coefficient (Wildman–Crippen LogP) is 5.04. The third-order valence-electron chi connectivity index (χ3n) is 3.94. The smallest absolute Gasteiger partial charge is 0.382 e. The molecule has 2 aromatic carbocycles.